The van der Waals surface area contributed by atoms with Gasteiger partial charge >= 0.3 is 0 Å². The summed E-state index contributed by atoms with van der Waals surface area (Å²) in [6, 6.07) is 11.2. The normalized spacial score (nSPS) is 20.7. The van der Waals surface area contributed by atoms with Crippen LogP contribution < -0.4 is 14.9 Å². The Bertz CT molecular complexity index is 957. The quantitative estimate of drug-likeness (QED) is 0.403. The highest BCUT2D eigenvalue weighted by molar-refractivity contribution is 8.02. The molecule has 158 valence electrons. The Morgan fingerprint density at radius 2 is 1.87 bits per heavy atom. The van der Waals surface area contributed by atoms with E-state index in [9.17, 15) is 4.39 Å². The number of hydrogen-bond acceptors (Lipinski definition) is 5. The summed E-state index contributed by atoms with van der Waals surface area (Å²) in [4.78, 5) is 6.41. The number of nitrogens with zero attached hydrogens (tertiary/aromatic N) is 2. The van der Waals surface area contributed by atoms with Crippen LogP contribution in [0.2, 0.25) is 0 Å². The Labute approximate surface area is 182 Å². The average molecular weight is 425 g/mol. The van der Waals surface area contributed by atoms with Gasteiger partial charge in [0.15, 0.2) is 0 Å². The number of halogens is 1. The minimum atomic E-state index is -0.496. The van der Waals surface area contributed by atoms with E-state index in [0.29, 0.717) is 16.0 Å². The van der Waals surface area contributed by atoms with Gasteiger partial charge in [-0.3, -0.25) is 0 Å². The Morgan fingerprint density at radius 1 is 1.10 bits per heavy atom. The third-order valence-corrected chi connectivity index (χ3v) is 8.05. The Balaban J connectivity index is 1.38. The molecule has 1 aromatic heterocycles. The van der Waals surface area contributed by atoms with Crippen LogP contribution in [-0.2, 0) is 0 Å². The largest absolute Gasteiger partial charge is 0.371 e. The summed E-state index contributed by atoms with van der Waals surface area (Å²) in [6.45, 7) is 8.70. The predicted octanol–water partition coefficient (Wildman–Crippen LogP) is 6.30. The van der Waals surface area contributed by atoms with Crippen LogP contribution in [0.3, 0.4) is 0 Å². The van der Waals surface area contributed by atoms with E-state index in [0.717, 1.165) is 30.0 Å². The monoisotopic (exact) mass is 424 g/mol. The van der Waals surface area contributed by atoms with Crippen LogP contribution in [0.25, 0.3) is 5.70 Å². The van der Waals surface area contributed by atoms with Gasteiger partial charge in [-0.1, -0.05) is 12.6 Å². The van der Waals surface area contributed by atoms with Gasteiger partial charge in [0.25, 0.3) is 0 Å². The van der Waals surface area contributed by atoms with Crippen molar-refractivity contribution in [2.75, 3.05) is 28.0 Å². The predicted molar refractivity (Wildman–Crippen MR) is 125 cm³/mol. The molecule has 0 atom stereocenters. The minimum absolute atomic E-state index is 0.372. The van der Waals surface area contributed by atoms with E-state index < -0.39 is 5.95 Å². The number of anilines is 3. The zero-order valence-corrected chi connectivity index (χ0v) is 18.3. The molecule has 0 amide bonds. The second-order valence-electron chi connectivity index (χ2n) is 9.32. The van der Waals surface area contributed by atoms with Crippen molar-refractivity contribution in [3.8, 4) is 0 Å². The standard InChI is InChI=1S/C24H29FN4S/c1-17(26-22-5-3-4-21(25)27-22)19-7-6-18(28-30-23(2)8-9-23)16-20(19)29-14-12-24(10-11-24)13-15-29/h3-7,16,28H,1,8-15H2,2H3,(H,26,27). The molecule has 2 heterocycles. The molecular weight excluding hydrogens is 395 g/mol. The molecule has 1 spiro atoms. The lowest BCUT2D eigenvalue weighted by Gasteiger charge is -2.35. The van der Waals surface area contributed by atoms with Gasteiger partial charge < -0.3 is 14.9 Å². The highest BCUT2D eigenvalue weighted by Gasteiger charge is 2.44. The van der Waals surface area contributed by atoms with Crippen LogP contribution in [0.1, 0.15) is 51.0 Å². The number of benzene rings is 1. The van der Waals surface area contributed by atoms with E-state index in [1.54, 1.807) is 12.1 Å². The molecule has 1 aliphatic heterocycles. The van der Waals surface area contributed by atoms with Crippen LogP contribution in [0.5, 0.6) is 0 Å². The third-order valence-electron chi connectivity index (χ3n) is 6.81. The molecule has 2 aliphatic carbocycles. The van der Waals surface area contributed by atoms with Crippen LogP contribution >= 0.6 is 11.9 Å². The molecule has 6 heteroatoms. The lowest BCUT2D eigenvalue weighted by Crippen LogP contribution is -2.35. The highest BCUT2D eigenvalue weighted by atomic mass is 32.2. The van der Waals surface area contributed by atoms with Crippen molar-refractivity contribution in [1.29, 1.82) is 0 Å². The van der Waals surface area contributed by atoms with Crippen LogP contribution in [-0.4, -0.2) is 22.8 Å². The first-order chi connectivity index (χ1) is 14.4. The Morgan fingerprint density at radius 3 is 2.53 bits per heavy atom. The molecule has 2 saturated carbocycles. The average Bonchev–Trinajstić information content (AvgIpc) is 3.66. The van der Waals surface area contributed by atoms with Crippen molar-refractivity contribution in [3.05, 3.63) is 54.5 Å². The number of pyridine rings is 1. The Hall–Kier alpha value is -2.21. The lowest BCUT2D eigenvalue weighted by molar-refractivity contribution is 0.384. The molecular formula is C24H29FN4S. The molecule has 5 rings (SSSR count). The molecule has 1 aromatic carbocycles. The van der Waals surface area contributed by atoms with Crippen molar-refractivity contribution in [3.63, 3.8) is 0 Å². The molecule has 2 N–H and O–H groups in total. The molecule has 0 unspecified atom stereocenters. The second kappa shape index (κ2) is 7.49. The van der Waals surface area contributed by atoms with Gasteiger partial charge in [0.2, 0.25) is 5.95 Å². The van der Waals surface area contributed by atoms with E-state index in [2.05, 4.69) is 51.6 Å². The van der Waals surface area contributed by atoms with E-state index in [-0.39, 0.29) is 0 Å². The maximum atomic E-state index is 13.5. The topological polar surface area (TPSA) is 40.2 Å². The van der Waals surface area contributed by atoms with Crippen molar-refractivity contribution in [2.45, 2.75) is 50.2 Å². The molecule has 0 radical (unpaired) electrons. The summed E-state index contributed by atoms with van der Waals surface area (Å²) in [7, 11) is 0. The van der Waals surface area contributed by atoms with Crippen LogP contribution in [0.15, 0.2) is 43.0 Å². The summed E-state index contributed by atoms with van der Waals surface area (Å²) in [5.41, 5.74) is 4.72. The van der Waals surface area contributed by atoms with Crippen molar-refractivity contribution in [2.24, 2.45) is 5.41 Å². The summed E-state index contributed by atoms with van der Waals surface area (Å²) in [5.74, 6) is -0.0233. The first kappa shape index (κ1) is 19.7. The summed E-state index contributed by atoms with van der Waals surface area (Å²) < 4.78 is 17.4. The summed E-state index contributed by atoms with van der Waals surface area (Å²) >= 11 is 1.82. The zero-order chi connectivity index (χ0) is 20.8. The van der Waals surface area contributed by atoms with Crippen molar-refractivity contribution < 1.29 is 4.39 Å². The summed E-state index contributed by atoms with van der Waals surface area (Å²) in [5, 5.41) is 3.19. The number of nitrogens with one attached hydrogen (secondary N) is 2. The van der Waals surface area contributed by atoms with Crippen molar-refractivity contribution >= 4 is 34.8 Å². The van der Waals surface area contributed by atoms with Gasteiger partial charge in [-0.05, 0) is 93.1 Å². The van der Waals surface area contributed by atoms with E-state index >= 15 is 0 Å². The van der Waals surface area contributed by atoms with E-state index in [1.807, 2.05) is 11.9 Å². The summed E-state index contributed by atoms with van der Waals surface area (Å²) in [6.07, 6.45) is 7.86. The minimum Gasteiger partial charge on any atom is -0.371 e. The van der Waals surface area contributed by atoms with Crippen molar-refractivity contribution in [1.82, 2.24) is 4.98 Å². The van der Waals surface area contributed by atoms with Crippen LogP contribution in [0, 0.1) is 11.4 Å². The molecule has 2 aromatic rings. The number of piperidine rings is 1. The smallest absolute Gasteiger partial charge is 0.214 e. The van der Waals surface area contributed by atoms with Gasteiger partial charge in [0.1, 0.15) is 5.82 Å². The highest BCUT2D eigenvalue weighted by Crippen LogP contribution is 2.54. The molecule has 0 bridgehead atoms. The lowest BCUT2D eigenvalue weighted by atomic mass is 9.93. The second-order valence-corrected chi connectivity index (χ2v) is 10.7. The first-order valence-corrected chi connectivity index (χ1v) is 11.7. The fourth-order valence-corrected chi connectivity index (χ4v) is 4.97. The first-order valence-electron chi connectivity index (χ1n) is 10.9. The third kappa shape index (κ3) is 4.29. The molecule has 30 heavy (non-hydrogen) atoms. The fourth-order valence-electron chi connectivity index (χ4n) is 4.17. The number of aromatic nitrogens is 1. The SMILES string of the molecule is C=C(Nc1cccc(F)n1)c1ccc(NSC2(C)CC2)cc1N1CCC2(CC1)CC2. The van der Waals surface area contributed by atoms with Gasteiger partial charge in [-0.2, -0.15) is 4.39 Å². The van der Waals surface area contributed by atoms with Gasteiger partial charge in [0.05, 0.1) is 0 Å². The van der Waals surface area contributed by atoms with Gasteiger partial charge in [0, 0.05) is 40.5 Å². The Kier molecular flexibility index (Phi) is 4.92. The fraction of sp³-hybridized carbons (Fsp3) is 0.458. The van der Waals surface area contributed by atoms with Gasteiger partial charge in [-0.15, -0.1) is 0 Å². The maximum absolute atomic E-state index is 13.5. The number of rotatable bonds is 7. The maximum Gasteiger partial charge on any atom is 0.214 e. The molecule has 3 fully saturated rings. The van der Waals surface area contributed by atoms with Crippen LogP contribution in [0.4, 0.5) is 21.6 Å². The molecule has 1 saturated heterocycles. The van der Waals surface area contributed by atoms with E-state index in [4.69, 9.17) is 0 Å². The number of hydrogen-bond donors (Lipinski definition) is 2. The van der Waals surface area contributed by atoms with Gasteiger partial charge in [-0.25, -0.2) is 4.98 Å². The van der Waals surface area contributed by atoms with E-state index in [1.165, 1.54) is 50.3 Å². The molecule has 4 nitrogen and oxygen atoms in total. The zero-order valence-electron chi connectivity index (χ0n) is 17.5. The molecule has 3 aliphatic rings.